The topological polar surface area (TPSA) is 61.8 Å². The lowest BCUT2D eigenvalue weighted by Crippen LogP contribution is -2.58. The zero-order valence-electron chi connectivity index (χ0n) is 17.0. The standard InChI is InChI=1S/C19H31BO5S/c1-14-11-16(23-9-8-10-26(7,21)22)12-15(2)17(14)20-24-13-18(3,4)19(5,6)25-20/h11-12H,8-10,13H2,1-7H3. The van der Waals surface area contributed by atoms with Gasteiger partial charge in [0.1, 0.15) is 15.6 Å². The average molecular weight is 382 g/mol. The largest absolute Gasteiger partial charge is 0.494 e. The lowest BCUT2D eigenvalue weighted by Gasteiger charge is -2.48. The highest BCUT2D eigenvalue weighted by Gasteiger charge is 2.47. The van der Waals surface area contributed by atoms with Gasteiger partial charge in [0.15, 0.2) is 0 Å². The maximum Gasteiger partial charge on any atom is 0.494 e. The van der Waals surface area contributed by atoms with Crippen molar-refractivity contribution in [2.75, 3.05) is 25.2 Å². The molecule has 0 unspecified atom stereocenters. The van der Waals surface area contributed by atoms with Gasteiger partial charge in [0, 0.05) is 18.3 Å². The average Bonchev–Trinajstić information content (AvgIpc) is 2.46. The summed E-state index contributed by atoms with van der Waals surface area (Å²) in [5.74, 6) is 0.880. The first kappa shape index (κ1) is 21.3. The molecule has 5 nitrogen and oxygen atoms in total. The number of rotatable bonds is 6. The van der Waals surface area contributed by atoms with E-state index in [9.17, 15) is 8.42 Å². The van der Waals surface area contributed by atoms with Crippen molar-refractivity contribution < 1.29 is 22.5 Å². The first-order valence-electron chi connectivity index (χ1n) is 9.03. The van der Waals surface area contributed by atoms with E-state index < -0.39 is 17.0 Å². The van der Waals surface area contributed by atoms with E-state index in [0.29, 0.717) is 19.6 Å². The van der Waals surface area contributed by atoms with Gasteiger partial charge < -0.3 is 14.0 Å². The molecule has 1 aliphatic rings. The molecule has 0 aliphatic carbocycles. The summed E-state index contributed by atoms with van der Waals surface area (Å²) in [4.78, 5) is 0. The van der Waals surface area contributed by atoms with Gasteiger partial charge in [0.2, 0.25) is 0 Å². The molecule has 7 heteroatoms. The van der Waals surface area contributed by atoms with Crippen molar-refractivity contribution in [2.45, 2.75) is 53.6 Å². The van der Waals surface area contributed by atoms with Gasteiger partial charge in [-0.15, -0.1) is 0 Å². The van der Waals surface area contributed by atoms with Crippen LogP contribution in [0.2, 0.25) is 0 Å². The zero-order valence-corrected chi connectivity index (χ0v) is 17.8. The smallest absolute Gasteiger partial charge is 0.494 e. The molecular formula is C19H31BO5S. The predicted octanol–water partition coefficient (Wildman–Crippen LogP) is 2.66. The second-order valence-corrected chi connectivity index (χ2v) is 10.7. The molecule has 0 aromatic heterocycles. The normalized spacial score (nSPS) is 19.4. The van der Waals surface area contributed by atoms with E-state index in [1.807, 2.05) is 26.0 Å². The SMILES string of the molecule is Cc1cc(OCCCS(C)(=O)=O)cc(C)c1B1OCC(C)(C)C(C)(C)O1. The molecule has 146 valence electrons. The Kier molecular flexibility index (Phi) is 6.15. The Morgan fingerprint density at radius 3 is 2.23 bits per heavy atom. The van der Waals surface area contributed by atoms with Crippen molar-refractivity contribution in [2.24, 2.45) is 5.41 Å². The monoisotopic (exact) mass is 382 g/mol. The molecule has 2 rings (SSSR count). The van der Waals surface area contributed by atoms with Crippen LogP contribution in [0.5, 0.6) is 5.75 Å². The fourth-order valence-electron chi connectivity index (χ4n) is 2.96. The minimum absolute atomic E-state index is 0.0615. The molecule has 0 bridgehead atoms. The van der Waals surface area contributed by atoms with Crippen LogP contribution in [0.15, 0.2) is 12.1 Å². The van der Waals surface area contributed by atoms with Gasteiger partial charge in [-0.25, -0.2) is 8.42 Å². The van der Waals surface area contributed by atoms with Crippen LogP contribution >= 0.6 is 0 Å². The summed E-state index contributed by atoms with van der Waals surface area (Å²) in [6, 6.07) is 3.92. The Morgan fingerprint density at radius 1 is 1.15 bits per heavy atom. The van der Waals surface area contributed by atoms with Gasteiger partial charge in [-0.05, 0) is 62.8 Å². The highest BCUT2D eigenvalue weighted by Crippen LogP contribution is 2.38. The van der Waals surface area contributed by atoms with Gasteiger partial charge in [-0.1, -0.05) is 13.8 Å². The summed E-state index contributed by atoms with van der Waals surface area (Å²) in [7, 11) is -3.34. The van der Waals surface area contributed by atoms with Gasteiger partial charge in [-0.2, -0.15) is 0 Å². The van der Waals surface area contributed by atoms with Crippen LogP contribution in [0.4, 0.5) is 0 Å². The molecule has 1 aromatic rings. The highest BCUT2D eigenvalue weighted by molar-refractivity contribution is 7.90. The van der Waals surface area contributed by atoms with E-state index in [1.165, 1.54) is 6.26 Å². The fourth-order valence-corrected chi connectivity index (χ4v) is 3.60. The highest BCUT2D eigenvalue weighted by atomic mass is 32.2. The third kappa shape index (κ3) is 5.02. The van der Waals surface area contributed by atoms with E-state index in [0.717, 1.165) is 22.3 Å². The van der Waals surface area contributed by atoms with Crippen LogP contribution in [0.1, 0.15) is 45.2 Å². The summed E-state index contributed by atoms with van der Waals surface area (Å²) in [6.45, 7) is 13.6. The number of hydrogen-bond donors (Lipinski definition) is 0. The second-order valence-electron chi connectivity index (χ2n) is 8.46. The maximum absolute atomic E-state index is 11.2. The number of benzene rings is 1. The van der Waals surface area contributed by atoms with E-state index >= 15 is 0 Å². The first-order valence-corrected chi connectivity index (χ1v) is 11.1. The zero-order chi connectivity index (χ0) is 19.8. The molecule has 26 heavy (non-hydrogen) atoms. The van der Waals surface area contributed by atoms with Gasteiger partial charge >= 0.3 is 7.12 Å². The second kappa shape index (κ2) is 7.53. The lowest BCUT2D eigenvalue weighted by atomic mass is 9.67. The molecule has 0 atom stereocenters. The quantitative estimate of drug-likeness (QED) is 0.559. The Morgan fingerprint density at radius 2 is 1.73 bits per heavy atom. The molecule has 1 aliphatic heterocycles. The molecule has 1 saturated heterocycles. The summed E-state index contributed by atoms with van der Waals surface area (Å²) in [6.07, 6.45) is 1.72. The minimum atomic E-state index is -2.95. The third-order valence-corrected chi connectivity index (χ3v) is 6.39. The summed E-state index contributed by atoms with van der Waals surface area (Å²) >= 11 is 0. The lowest BCUT2D eigenvalue weighted by molar-refractivity contribution is -0.0937. The van der Waals surface area contributed by atoms with Crippen LogP contribution in [-0.2, 0) is 19.1 Å². The maximum atomic E-state index is 11.2. The molecule has 0 spiro atoms. The van der Waals surface area contributed by atoms with E-state index in [2.05, 4.69) is 27.7 Å². The molecule has 0 amide bonds. The van der Waals surface area contributed by atoms with Crippen molar-refractivity contribution in [1.82, 2.24) is 0 Å². The van der Waals surface area contributed by atoms with Crippen molar-refractivity contribution in [3.05, 3.63) is 23.3 Å². The van der Waals surface area contributed by atoms with Crippen LogP contribution in [0.25, 0.3) is 0 Å². The van der Waals surface area contributed by atoms with E-state index in [-0.39, 0.29) is 16.8 Å². The first-order chi connectivity index (χ1) is 11.8. The molecule has 1 heterocycles. The Hall–Kier alpha value is -1.05. The fraction of sp³-hybridized carbons (Fsp3) is 0.684. The molecule has 0 N–H and O–H groups in total. The number of ether oxygens (including phenoxy) is 1. The number of hydrogen-bond acceptors (Lipinski definition) is 5. The van der Waals surface area contributed by atoms with Gasteiger partial charge in [0.25, 0.3) is 0 Å². The van der Waals surface area contributed by atoms with Gasteiger partial charge in [0.05, 0.1) is 18.0 Å². The Labute approximate surface area is 158 Å². The van der Waals surface area contributed by atoms with Gasteiger partial charge in [-0.3, -0.25) is 0 Å². The summed E-state index contributed by atoms with van der Waals surface area (Å²) in [5, 5.41) is 0. The van der Waals surface area contributed by atoms with E-state index in [4.69, 9.17) is 14.0 Å². The Balaban J connectivity index is 2.10. The molecule has 1 aromatic carbocycles. The minimum Gasteiger partial charge on any atom is -0.494 e. The predicted molar refractivity (Wildman–Crippen MR) is 106 cm³/mol. The van der Waals surface area contributed by atoms with Crippen molar-refractivity contribution in [3.63, 3.8) is 0 Å². The molecule has 1 fully saturated rings. The molecule has 0 saturated carbocycles. The van der Waals surface area contributed by atoms with Crippen LogP contribution < -0.4 is 10.2 Å². The summed E-state index contributed by atoms with van der Waals surface area (Å²) < 4.78 is 40.4. The van der Waals surface area contributed by atoms with E-state index in [1.54, 1.807) is 0 Å². The number of aryl methyl sites for hydroxylation is 2. The number of sulfone groups is 1. The van der Waals surface area contributed by atoms with Crippen molar-refractivity contribution >= 4 is 22.4 Å². The Bertz CT molecular complexity index is 732. The third-order valence-electron chi connectivity index (χ3n) is 5.36. The molecular weight excluding hydrogens is 351 g/mol. The van der Waals surface area contributed by atoms with Crippen LogP contribution in [0, 0.1) is 19.3 Å². The van der Waals surface area contributed by atoms with Crippen molar-refractivity contribution in [3.8, 4) is 5.75 Å². The molecule has 0 radical (unpaired) electrons. The van der Waals surface area contributed by atoms with Crippen molar-refractivity contribution in [1.29, 1.82) is 0 Å². The van der Waals surface area contributed by atoms with Crippen LogP contribution in [0.3, 0.4) is 0 Å². The van der Waals surface area contributed by atoms with Crippen LogP contribution in [-0.4, -0.2) is 46.4 Å². The summed E-state index contributed by atoms with van der Waals surface area (Å²) in [5.41, 5.74) is 2.77.